The first-order valence-corrected chi connectivity index (χ1v) is 19.7. The Hall–Kier alpha value is -6.34. The minimum Gasteiger partial charge on any atom is -0.496 e. The Balaban J connectivity index is 0.000000176. The van der Waals surface area contributed by atoms with Gasteiger partial charge in [0.05, 0.1) is 37.6 Å². The summed E-state index contributed by atoms with van der Waals surface area (Å²) in [7, 11) is 1.62. The normalized spacial score (nSPS) is 13.1. The Morgan fingerprint density at radius 1 is 0.787 bits per heavy atom. The fourth-order valence-electron chi connectivity index (χ4n) is 6.08. The SMILES string of the molecule is CC(C)NC(=O)c1cc2cc(OCCN3CCOCC3)ncc2[nH]1.CC(C)NC(=O)c1nc2c(OC(F)(F)F)cccc2[nH]1.COc1cccc2[nH]c(C(=O)NC(C)C)cc12. The van der Waals surface area contributed by atoms with Crippen LogP contribution in [0.5, 0.6) is 17.4 Å². The quantitative estimate of drug-likeness (QED) is 0.0809. The Kier molecular flexibility index (Phi) is 15.6. The number of halogens is 3. The van der Waals surface area contributed by atoms with Crippen LogP contribution in [0, 0.1) is 0 Å². The number of morpholine rings is 1. The molecule has 2 aromatic carbocycles. The van der Waals surface area contributed by atoms with Crippen LogP contribution in [0.3, 0.4) is 0 Å². The van der Waals surface area contributed by atoms with Gasteiger partial charge < -0.3 is 49.8 Å². The Labute approximate surface area is 350 Å². The molecule has 1 aliphatic rings. The average Bonchev–Trinajstić information content (AvgIpc) is 3.95. The van der Waals surface area contributed by atoms with Crippen LogP contribution >= 0.6 is 0 Å². The molecule has 6 aromatic rings. The zero-order valence-electron chi connectivity index (χ0n) is 35.1. The van der Waals surface area contributed by atoms with E-state index < -0.39 is 18.0 Å². The second kappa shape index (κ2) is 20.8. The molecular weight excluding hydrogens is 800 g/mol. The van der Waals surface area contributed by atoms with Gasteiger partial charge in [0.2, 0.25) is 5.88 Å². The van der Waals surface area contributed by atoms with Gasteiger partial charge >= 0.3 is 6.36 Å². The number of nitrogens with one attached hydrogen (secondary N) is 6. The van der Waals surface area contributed by atoms with E-state index in [0.29, 0.717) is 29.4 Å². The number of fused-ring (bicyclic) bond motifs is 3. The molecule has 0 unspecified atom stereocenters. The van der Waals surface area contributed by atoms with E-state index in [1.165, 1.54) is 12.1 Å². The standard InChI is InChI=1S/C17H24N4O3.C13H16N2O2.C12H12F3N3O2/c1-12(2)19-17(22)14-9-13-10-16(18-11-15(13)20-14)24-8-5-21-3-6-23-7-4-21;1-8(2)14-13(16)11-7-9-10(15-11)5-4-6-12(9)17-3;1-6(2)16-11(19)10-17-7-4-3-5-8(9(7)18-10)20-12(13,14)15/h9-12,20H,3-8H2,1-2H3,(H,19,22);4-8,15H,1-3H3,(H,14,16);3-6H,1-2H3,(H,16,19)(H,17,18). The second-order valence-corrected chi connectivity index (χ2v) is 14.9. The lowest BCUT2D eigenvalue weighted by Crippen LogP contribution is -2.38. The summed E-state index contributed by atoms with van der Waals surface area (Å²) in [4.78, 5) is 54.9. The summed E-state index contributed by atoms with van der Waals surface area (Å²) in [5, 5.41) is 10.1. The molecule has 0 atom stereocenters. The van der Waals surface area contributed by atoms with Crippen LogP contribution in [-0.2, 0) is 4.74 Å². The number of aromatic amines is 3. The molecule has 1 saturated heterocycles. The summed E-state index contributed by atoms with van der Waals surface area (Å²) >= 11 is 0. The Morgan fingerprint density at radius 2 is 1.38 bits per heavy atom. The van der Waals surface area contributed by atoms with Gasteiger partial charge in [0, 0.05) is 60.1 Å². The highest BCUT2D eigenvalue weighted by molar-refractivity contribution is 6.00. The largest absolute Gasteiger partial charge is 0.573 e. The van der Waals surface area contributed by atoms with Gasteiger partial charge in [0.1, 0.15) is 29.3 Å². The van der Waals surface area contributed by atoms with Crippen LogP contribution in [0.25, 0.3) is 32.8 Å². The van der Waals surface area contributed by atoms with Crippen molar-refractivity contribution in [2.24, 2.45) is 0 Å². The van der Waals surface area contributed by atoms with E-state index in [9.17, 15) is 27.6 Å². The number of amides is 3. The number of ether oxygens (including phenoxy) is 4. The minimum absolute atomic E-state index is 0.0428. The number of hydrogen-bond donors (Lipinski definition) is 6. The molecule has 0 spiro atoms. The number of imidazole rings is 1. The van der Waals surface area contributed by atoms with Crippen LogP contribution in [0.2, 0.25) is 0 Å². The van der Waals surface area contributed by atoms with Gasteiger partial charge in [0.15, 0.2) is 11.6 Å². The lowest BCUT2D eigenvalue weighted by Gasteiger charge is -2.26. The van der Waals surface area contributed by atoms with Gasteiger partial charge in [-0.1, -0.05) is 12.1 Å². The molecule has 16 nitrogen and oxygen atoms in total. The maximum Gasteiger partial charge on any atom is 0.573 e. The van der Waals surface area contributed by atoms with E-state index in [2.05, 4.69) is 50.5 Å². The summed E-state index contributed by atoms with van der Waals surface area (Å²) in [5.74, 6) is 0.123. The molecule has 3 amide bonds. The molecular formula is C42H52F3N9O7. The fourth-order valence-corrected chi connectivity index (χ4v) is 6.08. The van der Waals surface area contributed by atoms with Gasteiger partial charge in [-0.3, -0.25) is 19.3 Å². The number of para-hydroxylation sites is 1. The third-order valence-corrected chi connectivity index (χ3v) is 8.75. The number of methoxy groups -OCH3 is 1. The van der Waals surface area contributed by atoms with Gasteiger partial charge in [0.25, 0.3) is 17.7 Å². The van der Waals surface area contributed by atoms with Crippen LogP contribution < -0.4 is 30.2 Å². The van der Waals surface area contributed by atoms with Crippen molar-refractivity contribution in [3.05, 3.63) is 78.0 Å². The Morgan fingerprint density at radius 3 is 2.00 bits per heavy atom. The summed E-state index contributed by atoms with van der Waals surface area (Å²) in [6.45, 7) is 16.2. The number of benzene rings is 2. The van der Waals surface area contributed by atoms with Gasteiger partial charge in [-0.05, 0) is 77.9 Å². The number of H-pyrrole nitrogens is 3. The number of aromatic nitrogens is 5. The maximum absolute atomic E-state index is 12.3. The lowest BCUT2D eigenvalue weighted by molar-refractivity contribution is -0.274. The highest BCUT2D eigenvalue weighted by atomic mass is 19.4. The molecule has 0 radical (unpaired) electrons. The molecule has 19 heteroatoms. The average molecular weight is 852 g/mol. The van der Waals surface area contributed by atoms with E-state index in [-0.39, 0.29) is 41.3 Å². The third kappa shape index (κ3) is 13.3. The monoisotopic (exact) mass is 851 g/mol. The number of hydrogen-bond acceptors (Lipinski definition) is 10. The predicted molar refractivity (Wildman–Crippen MR) is 224 cm³/mol. The van der Waals surface area contributed by atoms with Crippen LogP contribution in [-0.4, -0.2) is 119 Å². The number of nitrogens with zero attached hydrogens (tertiary/aromatic N) is 3. The van der Waals surface area contributed by atoms with Crippen molar-refractivity contribution in [2.45, 2.75) is 66.0 Å². The molecule has 1 aliphatic heterocycles. The highest BCUT2D eigenvalue weighted by Gasteiger charge is 2.32. The molecule has 0 bridgehead atoms. The smallest absolute Gasteiger partial charge is 0.496 e. The number of carbonyl (C=O) groups is 3. The molecule has 4 aromatic heterocycles. The van der Waals surface area contributed by atoms with Crippen LogP contribution in [0.4, 0.5) is 13.2 Å². The van der Waals surface area contributed by atoms with Gasteiger partial charge in [-0.2, -0.15) is 0 Å². The molecule has 1 fully saturated rings. The molecule has 0 saturated carbocycles. The minimum atomic E-state index is -4.81. The van der Waals surface area contributed by atoms with E-state index >= 15 is 0 Å². The number of carbonyl (C=O) groups excluding carboxylic acids is 3. The molecule has 6 N–H and O–H groups in total. The first-order chi connectivity index (χ1) is 29.0. The molecule has 5 heterocycles. The van der Waals surface area contributed by atoms with Crippen LogP contribution in [0.1, 0.15) is 73.1 Å². The zero-order chi connectivity index (χ0) is 44.3. The maximum atomic E-state index is 12.3. The van der Waals surface area contributed by atoms with E-state index in [1.807, 2.05) is 64.1 Å². The topological polar surface area (TPSA) is 201 Å². The first-order valence-electron chi connectivity index (χ1n) is 19.7. The van der Waals surface area contributed by atoms with Crippen molar-refractivity contribution in [3.8, 4) is 17.4 Å². The molecule has 328 valence electrons. The van der Waals surface area contributed by atoms with Crippen molar-refractivity contribution in [3.63, 3.8) is 0 Å². The molecule has 7 rings (SSSR count). The summed E-state index contributed by atoms with van der Waals surface area (Å²) in [6, 6.07) is 15.3. The second-order valence-electron chi connectivity index (χ2n) is 14.9. The number of pyridine rings is 1. The fraction of sp³-hybridized carbons (Fsp3) is 0.405. The Bertz CT molecular complexity index is 2400. The predicted octanol–water partition coefficient (Wildman–Crippen LogP) is 6.33. The summed E-state index contributed by atoms with van der Waals surface area (Å²) in [5.41, 5.74) is 3.06. The highest BCUT2D eigenvalue weighted by Crippen LogP contribution is 2.29. The number of alkyl halides is 3. The number of rotatable bonds is 12. The van der Waals surface area contributed by atoms with E-state index in [1.54, 1.807) is 27.2 Å². The third-order valence-electron chi connectivity index (χ3n) is 8.75. The van der Waals surface area contributed by atoms with Crippen LogP contribution in [0.15, 0.2) is 60.8 Å². The van der Waals surface area contributed by atoms with Gasteiger partial charge in [-0.25, -0.2) is 9.97 Å². The van der Waals surface area contributed by atoms with Crippen molar-refractivity contribution in [1.82, 2.24) is 45.8 Å². The summed E-state index contributed by atoms with van der Waals surface area (Å²) in [6.07, 6.45) is -3.11. The zero-order valence-corrected chi connectivity index (χ0v) is 35.1. The van der Waals surface area contributed by atoms with Crippen molar-refractivity contribution < 1.29 is 46.5 Å². The van der Waals surface area contributed by atoms with E-state index in [4.69, 9.17) is 14.2 Å². The molecule has 61 heavy (non-hydrogen) atoms. The van der Waals surface area contributed by atoms with Gasteiger partial charge in [-0.15, -0.1) is 13.2 Å². The van der Waals surface area contributed by atoms with E-state index in [0.717, 1.165) is 66.5 Å². The van der Waals surface area contributed by atoms with Crippen molar-refractivity contribution in [1.29, 1.82) is 0 Å². The first kappa shape index (κ1) is 45.7. The lowest BCUT2D eigenvalue weighted by atomic mass is 10.2. The summed E-state index contributed by atoms with van der Waals surface area (Å²) < 4.78 is 57.0. The van der Waals surface area contributed by atoms with Crippen molar-refractivity contribution in [2.75, 3.05) is 46.6 Å². The molecule has 0 aliphatic carbocycles. The van der Waals surface area contributed by atoms with Crippen molar-refractivity contribution >= 4 is 50.6 Å².